The maximum atomic E-state index is 2.18. The van der Waals surface area contributed by atoms with Crippen LogP contribution in [0.5, 0.6) is 0 Å². The van der Waals surface area contributed by atoms with Crippen LogP contribution < -0.4 is 0 Å². The topological polar surface area (TPSA) is 0 Å². The molecule has 0 saturated carbocycles. The fourth-order valence-corrected chi connectivity index (χ4v) is 0. The molecule has 0 N–H and O–H groups in total. The van der Waals surface area contributed by atoms with Crippen LogP contribution in [0.3, 0.4) is 0 Å². The van der Waals surface area contributed by atoms with Gasteiger partial charge in [-0.25, -0.2) is 0 Å². The molecule has 0 aliphatic heterocycles. The Morgan fingerprint density at radius 3 is 0.500 bits per heavy atom. The monoisotopic (exact) mass is 218 g/mol. The lowest BCUT2D eigenvalue weighted by atomic mass is 10.4. The summed E-state index contributed by atoms with van der Waals surface area (Å²) in [5.41, 5.74) is 0. The zero-order valence-electron chi connectivity index (χ0n) is 6.68. The number of hydrogen-bond donors (Lipinski definition) is 0. The van der Waals surface area contributed by atoms with Crippen molar-refractivity contribution in [1.82, 2.24) is 0 Å². The molecule has 0 nitrogen and oxygen atoms in total. The van der Waals surface area contributed by atoms with E-state index in [0.717, 1.165) is 0 Å². The van der Waals surface area contributed by atoms with Crippen LogP contribution in [-0.2, 0) is 0 Å². The van der Waals surface area contributed by atoms with Crippen molar-refractivity contribution in [2.24, 2.45) is 0 Å². The highest BCUT2D eigenvalue weighted by Gasteiger charge is 1.56. The highest BCUT2D eigenvalue weighted by atomic mass is 19.0. The first-order chi connectivity index (χ1) is 1.91. The van der Waals surface area contributed by atoms with Gasteiger partial charge in [0.1, 0.15) is 0 Å². The smallest absolute Gasteiger partial charge is 0.0564 e. The third-order valence-corrected chi connectivity index (χ3v) is 0.500. The minimum absolute atomic E-state index is 0. The molecule has 0 unspecified atom stereocenters. The summed E-state index contributed by atoms with van der Waals surface area (Å²) in [4.78, 5) is 0. The molecule has 0 amide bonds. The summed E-state index contributed by atoms with van der Waals surface area (Å²) in [5.74, 6) is 0. The molecule has 0 aromatic rings. The Balaban J connectivity index is -0.00000000161. The summed E-state index contributed by atoms with van der Waals surface area (Å²) in [6, 6.07) is 0. The van der Waals surface area contributed by atoms with E-state index in [4.69, 9.17) is 0 Å². The van der Waals surface area contributed by atoms with Gasteiger partial charge in [0.2, 0.25) is 0 Å². The lowest BCUT2D eigenvalue weighted by molar-refractivity contribution is 0.886. The van der Waals surface area contributed by atoms with Gasteiger partial charge in [0.15, 0.2) is 0 Å². The van der Waals surface area contributed by atoms with Gasteiger partial charge in [-0.2, -0.15) is 0 Å². The van der Waals surface area contributed by atoms with Crippen LogP contribution >= 0.6 is 0 Å². The molecule has 0 bridgehead atoms. The van der Waals surface area contributed by atoms with Gasteiger partial charge in [0, 0.05) is 0 Å². The molecule has 0 spiro atoms. The summed E-state index contributed by atoms with van der Waals surface area (Å²) in [7, 11) is 0. The minimum atomic E-state index is 0. The third-order valence-electron chi connectivity index (χ3n) is 0.500. The number of hydrogen-bond acceptors (Lipinski definition) is 0. The van der Waals surface area contributed by atoms with Gasteiger partial charge < -0.3 is 0 Å². The molecule has 8 heteroatoms. The van der Waals surface area contributed by atoms with Crippen LogP contribution in [0, 0.1) is 0 Å². The second kappa shape index (κ2) is 449. The normalized spacial score (nSPS) is 2.50. The van der Waals surface area contributed by atoms with Crippen LogP contribution in [0.2, 0.25) is 0 Å². The molecule has 90 valence electrons. The lowest BCUT2D eigenvalue weighted by Gasteiger charge is -1.68. The van der Waals surface area contributed by atoms with Crippen molar-refractivity contribution in [3.63, 3.8) is 0 Å². The minimum Gasteiger partial charge on any atom is -0.269 e. The molecule has 0 aliphatic carbocycles. The Hall–Kier alpha value is -0.560. The third kappa shape index (κ3) is 3470. The van der Waals surface area contributed by atoms with Crippen molar-refractivity contribution in [2.75, 3.05) is 0 Å². The fourth-order valence-electron chi connectivity index (χ4n) is 0. The Morgan fingerprint density at radius 2 is 0.500 bits per heavy atom. The van der Waals surface area contributed by atoms with E-state index in [2.05, 4.69) is 13.8 Å². The Labute approximate surface area is 65.7 Å². The standard InChI is InChI=1S/C4H10.8FH/c1-3-4-2;;;;;;;;/h3-4H2,1-2H3;8*1H. The first kappa shape index (κ1) is 209. The number of rotatable bonds is 1. The maximum Gasteiger partial charge on any atom is -0.0564 e. The average Bonchev–Trinajstić information content (AvgIpc) is 1.37. The Bertz CT molecular complexity index is 13.0. The maximum absolute atomic E-state index is 2.18. The van der Waals surface area contributed by atoms with E-state index in [9.17, 15) is 0 Å². The van der Waals surface area contributed by atoms with Crippen molar-refractivity contribution >= 4 is 0 Å². The first-order valence-electron chi connectivity index (χ1n) is 1.91. The van der Waals surface area contributed by atoms with Crippen LogP contribution in [0.4, 0.5) is 37.6 Å². The predicted octanol–water partition coefficient (Wildman–Crippen LogP) is 3.03. The van der Waals surface area contributed by atoms with Crippen molar-refractivity contribution in [3.05, 3.63) is 0 Å². The van der Waals surface area contributed by atoms with E-state index < -0.39 is 0 Å². The Morgan fingerprint density at radius 1 is 0.417 bits per heavy atom. The Kier molecular flexibility index (Phi) is 7830. The van der Waals surface area contributed by atoms with E-state index in [-0.39, 0.29) is 37.6 Å². The van der Waals surface area contributed by atoms with E-state index >= 15 is 0 Å². The van der Waals surface area contributed by atoms with Crippen LogP contribution in [0.1, 0.15) is 26.7 Å². The second-order valence-corrected chi connectivity index (χ2v) is 1.000. The molecular formula is C4H18F8. The average molecular weight is 218 g/mol. The quantitative estimate of drug-likeness (QED) is 0.593. The van der Waals surface area contributed by atoms with Crippen LogP contribution in [0.15, 0.2) is 0 Å². The SMILES string of the molecule is CCCC.F.F.F.F.F.F.F.F. The summed E-state index contributed by atoms with van der Waals surface area (Å²) < 4.78 is 0. The van der Waals surface area contributed by atoms with Gasteiger partial charge >= 0.3 is 0 Å². The second-order valence-electron chi connectivity index (χ2n) is 1.000. The van der Waals surface area contributed by atoms with Crippen molar-refractivity contribution in [2.45, 2.75) is 26.7 Å². The molecule has 0 aromatic carbocycles. The van der Waals surface area contributed by atoms with E-state index in [1.165, 1.54) is 12.8 Å². The zero-order valence-corrected chi connectivity index (χ0v) is 6.68. The lowest BCUT2D eigenvalue weighted by Crippen LogP contribution is -1.47. The largest absolute Gasteiger partial charge is 0.269 e. The predicted molar refractivity (Wildman–Crippen MR) is 40.6 cm³/mol. The molecule has 0 atom stereocenters. The number of halogens is 8. The van der Waals surface area contributed by atoms with Gasteiger partial charge in [-0.1, -0.05) is 26.7 Å². The van der Waals surface area contributed by atoms with Crippen LogP contribution in [0.25, 0.3) is 0 Å². The van der Waals surface area contributed by atoms with E-state index in [1.807, 2.05) is 0 Å². The first-order valence-corrected chi connectivity index (χ1v) is 1.91. The molecule has 0 fully saturated rings. The van der Waals surface area contributed by atoms with Gasteiger partial charge in [0.25, 0.3) is 0 Å². The van der Waals surface area contributed by atoms with Crippen molar-refractivity contribution in [3.8, 4) is 0 Å². The molecule has 0 aromatic heterocycles. The summed E-state index contributed by atoms with van der Waals surface area (Å²) >= 11 is 0. The molecule has 12 heavy (non-hydrogen) atoms. The van der Waals surface area contributed by atoms with Crippen molar-refractivity contribution < 1.29 is 37.6 Å². The summed E-state index contributed by atoms with van der Waals surface area (Å²) in [6.07, 6.45) is 2.64. The molecule has 0 rings (SSSR count). The molecule has 0 radical (unpaired) electrons. The number of unbranched alkanes of at least 4 members (excludes halogenated alkanes) is 1. The highest BCUT2D eigenvalue weighted by molar-refractivity contribution is 4.12. The van der Waals surface area contributed by atoms with E-state index in [0.29, 0.717) is 0 Å². The van der Waals surface area contributed by atoms with Gasteiger partial charge in [-0.3, -0.25) is 37.6 Å². The highest BCUT2D eigenvalue weighted by Crippen LogP contribution is 1.76. The summed E-state index contributed by atoms with van der Waals surface area (Å²) in [6.45, 7) is 4.36. The summed E-state index contributed by atoms with van der Waals surface area (Å²) in [5, 5.41) is 0. The van der Waals surface area contributed by atoms with Crippen molar-refractivity contribution in [1.29, 1.82) is 0 Å². The fraction of sp³-hybridized carbons (Fsp3) is 1.00. The molecule has 0 aliphatic rings. The molecule has 0 saturated heterocycles. The van der Waals surface area contributed by atoms with E-state index in [1.54, 1.807) is 0 Å². The molecule has 0 heterocycles. The molecular weight excluding hydrogens is 200 g/mol. The van der Waals surface area contributed by atoms with Gasteiger partial charge in [-0.15, -0.1) is 0 Å². The van der Waals surface area contributed by atoms with Crippen LogP contribution in [-0.4, -0.2) is 0 Å². The van der Waals surface area contributed by atoms with Gasteiger partial charge in [-0.05, 0) is 0 Å². The zero-order chi connectivity index (χ0) is 3.41. The van der Waals surface area contributed by atoms with Gasteiger partial charge in [0.05, 0.1) is 0 Å².